The number of methoxy groups -OCH3 is 2. The molecule has 5 nitrogen and oxygen atoms in total. The minimum Gasteiger partial charge on any atom is -0.493 e. The molecule has 3 aliphatic heterocycles. The number of hydrogen-bond donors (Lipinski definition) is 0. The Morgan fingerprint density at radius 2 is 1.76 bits per heavy atom. The van der Waals surface area contributed by atoms with Gasteiger partial charge in [0.25, 0.3) is 0 Å². The van der Waals surface area contributed by atoms with Gasteiger partial charge in [0.05, 0.1) is 26.4 Å². The van der Waals surface area contributed by atoms with Crippen LogP contribution in [0.5, 0.6) is 11.5 Å². The zero-order valence-corrected chi connectivity index (χ0v) is 15.4. The van der Waals surface area contributed by atoms with Crippen molar-refractivity contribution in [3.8, 4) is 11.5 Å². The minimum absolute atomic E-state index is 0.485. The Morgan fingerprint density at radius 3 is 2.48 bits per heavy atom. The van der Waals surface area contributed by atoms with Crippen molar-refractivity contribution >= 4 is 0 Å². The quantitative estimate of drug-likeness (QED) is 0.791. The van der Waals surface area contributed by atoms with Gasteiger partial charge in [-0.3, -0.25) is 9.80 Å². The number of fused-ring (bicyclic) bond motifs is 2. The lowest BCUT2D eigenvalue weighted by Crippen LogP contribution is -2.45. The summed E-state index contributed by atoms with van der Waals surface area (Å²) in [6.07, 6.45) is 5.97. The van der Waals surface area contributed by atoms with Crippen molar-refractivity contribution in [3.05, 3.63) is 23.8 Å². The summed E-state index contributed by atoms with van der Waals surface area (Å²) in [6.45, 7) is 5.71. The SMILES string of the molecule is COc1ccc([C@H]2CCCN2CCN2C[C@H]3CC[C@@H](C2)O3)cc1OC. The highest BCUT2D eigenvalue weighted by Gasteiger charge is 2.34. The van der Waals surface area contributed by atoms with Crippen LogP contribution in [0.3, 0.4) is 0 Å². The molecule has 4 rings (SSSR count). The van der Waals surface area contributed by atoms with Crippen LogP contribution >= 0.6 is 0 Å². The molecule has 138 valence electrons. The van der Waals surface area contributed by atoms with Crippen LogP contribution in [0.4, 0.5) is 0 Å². The van der Waals surface area contributed by atoms with Gasteiger partial charge in [-0.2, -0.15) is 0 Å². The van der Waals surface area contributed by atoms with Crippen LogP contribution in [0.1, 0.15) is 37.3 Å². The fraction of sp³-hybridized carbons (Fsp3) is 0.700. The maximum atomic E-state index is 5.96. The molecule has 0 amide bonds. The van der Waals surface area contributed by atoms with Gasteiger partial charge >= 0.3 is 0 Å². The van der Waals surface area contributed by atoms with Gasteiger partial charge in [0.15, 0.2) is 11.5 Å². The fourth-order valence-electron chi connectivity index (χ4n) is 4.68. The number of benzene rings is 1. The van der Waals surface area contributed by atoms with Gasteiger partial charge in [-0.15, -0.1) is 0 Å². The van der Waals surface area contributed by atoms with Gasteiger partial charge in [-0.25, -0.2) is 0 Å². The predicted octanol–water partition coefficient (Wildman–Crippen LogP) is 2.70. The van der Waals surface area contributed by atoms with Crippen LogP contribution in [0, 0.1) is 0 Å². The fourth-order valence-corrected chi connectivity index (χ4v) is 4.68. The monoisotopic (exact) mass is 346 g/mol. The maximum absolute atomic E-state index is 5.96. The van der Waals surface area contributed by atoms with E-state index in [4.69, 9.17) is 14.2 Å². The topological polar surface area (TPSA) is 34.2 Å². The van der Waals surface area contributed by atoms with E-state index < -0.39 is 0 Å². The van der Waals surface area contributed by atoms with E-state index in [1.807, 2.05) is 6.07 Å². The van der Waals surface area contributed by atoms with Crippen LogP contribution in [-0.4, -0.2) is 69.0 Å². The van der Waals surface area contributed by atoms with Crippen LogP contribution in [-0.2, 0) is 4.74 Å². The number of rotatable bonds is 6. The standard InChI is InChI=1S/C20H30N2O3/c1-23-19-8-5-15(12-20(19)24-2)18-4-3-9-22(18)11-10-21-13-16-6-7-17(14-21)25-16/h5,8,12,16-18H,3-4,6-7,9-11,13-14H2,1-2H3/t16-,17+,18-/m1/s1. The van der Waals surface area contributed by atoms with E-state index >= 15 is 0 Å². The molecule has 0 unspecified atom stereocenters. The molecule has 5 heteroatoms. The van der Waals surface area contributed by atoms with Crippen LogP contribution < -0.4 is 9.47 Å². The van der Waals surface area contributed by atoms with Gasteiger partial charge in [0.1, 0.15) is 0 Å². The van der Waals surface area contributed by atoms with Crippen molar-refractivity contribution in [1.29, 1.82) is 0 Å². The summed E-state index contributed by atoms with van der Waals surface area (Å²) >= 11 is 0. The first-order valence-electron chi connectivity index (χ1n) is 9.60. The highest BCUT2D eigenvalue weighted by molar-refractivity contribution is 5.44. The zero-order chi connectivity index (χ0) is 17.2. The Kier molecular flexibility index (Phi) is 5.15. The van der Waals surface area contributed by atoms with Gasteiger partial charge < -0.3 is 14.2 Å². The van der Waals surface area contributed by atoms with Crippen molar-refractivity contribution in [2.45, 2.75) is 43.9 Å². The summed E-state index contributed by atoms with van der Waals surface area (Å²) in [5.41, 5.74) is 1.34. The first-order chi connectivity index (χ1) is 12.3. The van der Waals surface area contributed by atoms with Gasteiger partial charge in [-0.1, -0.05) is 6.07 Å². The van der Waals surface area contributed by atoms with Crippen molar-refractivity contribution in [3.63, 3.8) is 0 Å². The molecule has 3 aliphatic rings. The molecule has 0 N–H and O–H groups in total. The zero-order valence-electron chi connectivity index (χ0n) is 15.4. The molecule has 3 heterocycles. The Morgan fingerprint density at radius 1 is 1.00 bits per heavy atom. The highest BCUT2D eigenvalue weighted by atomic mass is 16.5. The molecule has 1 aromatic carbocycles. The second kappa shape index (κ2) is 7.52. The molecule has 0 aliphatic carbocycles. The molecule has 2 bridgehead atoms. The Bertz CT molecular complexity index is 582. The molecule has 0 saturated carbocycles. The maximum Gasteiger partial charge on any atom is 0.161 e. The number of hydrogen-bond acceptors (Lipinski definition) is 5. The van der Waals surface area contributed by atoms with Gasteiger partial charge in [0, 0.05) is 32.2 Å². The molecule has 1 aromatic rings. The summed E-state index contributed by atoms with van der Waals surface area (Å²) < 4.78 is 16.8. The third-order valence-electron chi connectivity index (χ3n) is 5.98. The van der Waals surface area contributed by atoms with Crippen molar-refractivity contribution in [2.24, 2.45) is 0 Å². The molecule has 0 spiro atoms. The lowest BCUT2D eigenvalue weighted by Gasteiger charge is -2.34. The van der Waals surface area contributed by atoms with Crippen LogP contribution in [0.15, 0.2) is 18.2 Å². The normalized spacial score (nSPS) is 29.9. The summed E-state index contributed by atoms with van der Waals surface area (Å²) in [6, 6.07) is 6.87. The average molecular weight is 346 g/mol. The van der Waals surface area contributed by atoms with E-state index in [9.17, 15) is 0 Å². The first-order valence-corrected chi connectivity index (χ1v) is 9.60. The Hall–Kier alpha value is -1.30. The molecule has 25 heavy (non-hydrogen) atoms. The van der Waals surface area contributed by atoms with E-state index in [0.29, 0.717) is 18.2 Å². The highest BCUT2D eigenvalue weighted by Crippen LogP contribution is 2.36. The average Bonchev–Trinajstić information content (AvgIpc) is 3.25. The van der Waals surface area contributed by atoms with Gasteiger partial charge in [-0.05, 0) is 49.9 Å². The summed E-state index contributed by atoms with van der Waals surface area (Å²) in [4.78, 5) is 5.24. The lowest BCUT2D eigenvalue weighted by molar-refractivity contribution is -0.0404. The molecular formula is C20H30N2O3. The van der Waals surface area contributed by atoms with Crippen molar-refractivity contribution in [1.82, 2.24) is 9.80 Å². The smallest absolute Gasteiger partial charge is 0.161 e. The molecule has 3 atom stereocenters. The molecule has 3 saturated heterocycles. The summed E-state index contributed by atoms with van der Waals surface area (Å²) in [5, 5.41) is 0. The van der Waals surface area contributed by atoms with Crippen LogP contribution in [0.25, 0.3) is 0 Å². The molecular weight excluding hydrogens is 316 g/mol. The summed E-state index contributed by atoms with van der Waals surface area (Å²) in [7, 11) is 3.40. The number of morpholine rings is 1. The minimum atomic E-state index is 0.485. The third-order valence-corrected chi connectivity index (χ3v) is 5.98. The summed E-state index contributed by atoms with van der Waals surface area (Å²) in [5.74, 6) is 1.64. The van der Waals surface area contributed by atoms with E-state index in [1.54, 1.807) is 14.2 Å². The van der Waals surface area contributed by atoms with Crippen LogP contribution in [0.2, 0.25) is 0 Å². The Balaban J connectivity index is 1.39. The third kappa shape index (κ3) is 3.64. The molecule has 0 aromatic heterocycles. The second-order valence-corrected chi connectivity index (χ2v) is 7.53. The number of likely N-dealkylation sites (tertiary alicyclic amines) is 2. The predicted molar refractivity (Wildman–Crippen MR) is 97.4 cm³/mol. The van der Waals surface area contributed by atoms with E-state index in [2.05, 4.69) is 21.9 Å². The number of ether oxygens (including phenoxy) is 3. The van der Waals surface area contributed by atoms with Crippen molar-refractivity contribution < 1.29 is 14.2 Å². The van der Waals surface area contributed by atoms with E-state index in [-0.39, 0.29) is 0 Å². The van der Waals surface area contributed by atoms with Gasteiger partial charge in [0.2, 0.25) is 0 Å². The molecule has 0 radical (unpaired) electrons. The Labute approximate surface area is 150 Å². The van der Waals surface area contributed by atoms with Crippen molar-refractivity contribution in [2.75, 3.05) is 46.9 Å². The van der Waals surface area contributed by atoms with E-state index in [1.165, 1.54) is 37.8 Å². The lowest BCUT2D eigenvalue weighted by atomic mass is 10.0. The second-order valence-electron chi connectivity index (χ2n) is 7.53. The largest absolute Gasteiger partial charge is 0.493 e. The van der Waals surface area contributed by atoms with E-state index in [0.717, 1.165) is 37.7 Å². The first kappa shape index (κ1) is 17.1. The number of nitrogens with zero attached hydrogens (tertiary/aromatic N) is 2. The molecule has 3 fully saturated rings.